The van der Waals surface area contributed by atoms with Gasteiger partial charge in [-0.2, -0.15) is 0 Å². The fourth-order valence-corrected chi connectivity index (χ4v) is 1.99. The first kappa shape index (κ1) is 11.7. The zero-order chi connectivity index (χ0) is 11.5. The molecule has 0 radical (unpaired) electrons. The van der Waals surface area contributed by atoms with Gasteiger partial charge in [0.05, 0.1) is 13.2 Å². The molecule has 1 heterocycles. The van der Waals surface area contributed by atoms with Crippen molar-refractivity contribution < 1.29 is 9.52 Å². The number of hydrogen-bond acceptors (Lipinski definition) is 3. The summed E-state index contributed by atoms with van der Waals surface area (Å²) in [5, 5.41) is 12.3. The number of rotatable bonds is 6. The van der Waals surface area contributed by atoms with E-state index in [9.17, 15) is 0 Å². The van der Waals surface area contributed by atoms with Gasteiger partial charge in [0.1, 0.15) is 11.5 Å². The second-order valence-electron chi connectivity index (χ2n) is 4.79. The Morgan fingerprint density at radius 1 is 1.56 bits per heavy atom. The van der Waals surface area contributed by atoms with E-state index >= 15 is 0 Å². The minimum atomic E-state index is 0.174. The number of aliphatic hydroxyl groups excluding tert-OH is 1. The van der Waals surface area contributed by atoms with Gasteiger partial charge in [0.15, 0.2) is 0 Å². The smallest absolute Gasteiger partial charge is 0.117 e. The average molecular weight is 223 g/mol. The van der Waals surface area contributed by atoms with E-state index in [0.29, 0.717) is 12.5 Å². The molecular weight excluding hydrogens is 202 g/mol. The molecule has 0 bridgehead atoms. The molecule has 1 aliphatic rings. The van der Waals surface area contributed by atoms with Crippen molar-refractivity contribution in [2.45, 2.75) is 45.2 Å². The van der Waals surface area contributed by atoms with Crippen LogP contribution in [0.4, 0.5) is 0 Å². The highest BCUT2D eigenvalue weighted by atomic mass is 16.3. The highest BCUT2D eigenvalue weighted by molar-refractivity contribution is 5.17. The van der Waals surface area contributed by atoms with Crippen molar-refractivity contribution in [2.24, 2.45) is 5.92 Å². The third-order valence-corrected chi connectivity index (χ3v) is 3.44. The first-order chi connectivity index (χ1) is 7.74. The van der Waals surface area contributed by atoms with E-state index in [1.165, 1.54) is 6.42 Å². The molecule has 0 aliphatic heterocycles. The minimum absolute atomic E-state index is 0.174. The second-order valence-corrected chi connectivity index (χ2v) is 4.79. The zero-order valence-electron chi connectivity index (χ0n) is 10.1. The van der Waals surface area contributed by atoms with Crippen molar-refractivity contribution in [3.8, 4) is 0 Å². The molecule has 3 unspecified atom stereocenters. The van der Waals surface area contributed by atoms with Crippen LogP contribution in [0.25, 0.3) is 0 Å². The lowest BCUT2D eigenvalue weighted by Crippen LogP contribution is -2.30. The molecule has 1 aliphatic carbocycles. The van der Waals surface area contributed by atoms with E-state index in [4.69, 9.17) is 9.52 Å². The monoisotopic (exact) mass is 223 g/mol. The topological polar surface area (TPSA) is 45.4 Å². The molecule has 0 amide bonds. The van der Waals surface area contributed by atoms with Crippen molar-refractivity contribution in [3.63, 3.8) is 0 Å². The van der Waals surface area contributed by atoms with Gasteiger partial charge in [-0.25, -0.2) is 0 Å². The zero-order valence-corrected chi connectivity index (χ0v) is 10.1. The summed E-state index contributed by atoms with van der Waals surface area (Å²) >= 11 is 0. The molecule has 16 heavy (non-hydrogen) atoms. The SMILES string of the molecule is CCC(CO)NCc1ccc(C2CC2C)o1. The summed E-state index contributed by atoms with van der Waals surface area (Å²) in [5.74, 6) is 3.53. The summed E-state index contributed by atoms with van der Waals surface area (Å²) < 4.78 is 5.77. The summed E-state index contributed by atoms with van der Waals surface area (Å²) in [5.41, 5.74) is 0. The summed E-state index contributed by atoms with van der Waals surface area (Å²) in [6.07, 6.45) is 2.19. The van der Waals surface area contributed by atoms with E-state index < -0.39 is 0 Å². The summed E-state index contributed by atoms with van der Waals surface area (Å²) in [6, 6.07) is 4.30. The van der Waals surface area contributed by atoms with E-state index in [1.54, 1.807) is 0 Å². The number of aliphatic hydroxyl groups is 1. The second kappa shape index (κ2) is 5.02. The lowest BCUT2D eigenvalue weighted by Gasteiger charge is -2.12. The molecule has 3 atom stereocenters. The lowest BCUT2D eigenvalue weighted by atomic mass is 10.2. The Bertz CT molecular complexity index is 330. The van der Waals surface area contributed by atoms with E-state index in [0.717, 1.165) is 23.9 Å². The van der Waals surface area contributed by atoms with Gasteiger partial charge in [-0.1, -0.05) is 13.8 Å². The van der Waals surface area contributed by atoms with Crippen molar-refractivity contribution in [1.82, 2.24) is 5.32 Å². The van der Waals surface area contributed by atoms with Gasteiger partial charge in [0.25, 0.3) is 0 Å². The Morgan fingerprint density at radius 3 is 2.88 bits per heavy atom. The summed E-state index contributed by atoms with van der Waals surface area (Å²) in [4.78, 5) is 0. The predicted molar refractivity (Wildman–Crippen MR) is 63.2 cm³/mol. The molecule has 1 aromatic heterocycles. The van der Waals surface area contributed by atoms with Crippen LogP contribution < -0.4 is 5.32 Å². The standard InChI is InChI=1S/C13H21NO2/c1-3-10(8-15)14-7-11-4-5-13(16-11)12-6-9(12)2/h4-5,9-10,12,14-15H,3,6-8H2,1-2H3. The van der Waals surface area contributed by atoms with Gasteiger partial charge in [0.2, 0.25) is 0 Å². The van der Waals surface area contributed by atoms with Gasteiger partial charge in [-0.15, -0.1) is 0 Å². The Kier molecular flexibility index (Phi) is 3.66. The molecular formula is C13H21NO2. The molecule has 0 spiro atoms. The molecule has 90 valence electrons. The fourth-order valence-electron chi connectivity index (χ4n) is 1.99. The Morgan fingerprint density at radius 2 is 2.31 bits per heavy atom. The van der Waals surface area contributed by atoms with Crippen molar-refractivity contribution in [1.29, 1.82) is 0 Å². The first-order valence-electron chi connectivity index (χ1n) is 6.17. The Balaban J connectivity index is 1.83. The van der Waals surface area contributed by atoms with Crippen LogP contribution in [0.3, 0.4) is 0 Å². The maximum absolute atomic E-state index is 9.05. The molecule has 2 N–H and O–H groups in total. The lowest BCUT2D eigenvalue weighted by molar-refractivity contribution is 0.235. The Hall–Kier alpha value is -0.800. The van der Waals surface area contributed by atoms with Gasteiger partial charge in [0, 0.05) is 12.0 Å². The van der Waals surface area contributed by atoms with Crippen LogP contribution in [0.5, 0.6) is 0 Å². The van der Waals surface area contributed by atoms with Gasteiger partial charge in [-0.3, -0.25) is 0 Å². The molecule has 0 aromatic carbocycles. The van der Waals surface area contributed by atoms with Crippen LogP contribution in [0, 0.1) is 5.92 Å². The quantitative estimate of drug-likeness (QED) is 0.777. The van der Waals surface area contributed by atoms with Gasteiger partial charge in [-0.05, 0) is 30.9 Å². The number of hydrogen-bond donors (Lipinski definition) is 2. The predicted octanol–water partition coefficient (Wildman–Crippen LogP) is 2.26. The largest absolute Gasteiger partial charge is 0.464 e. The molecule has 0 saturated heterocycles. The Labute approximate surface area is 96.8 Å². The average Bonchev–Trinajstić information content (AvgIpc) is 2.84. The summed E-state index contributed by atoms with van der Waals surface area (Å²) in [6.45, 7) is 5.21. The third-order valence-electron chi connectivity index (χ3n) is 3.44. The van der Waals surface area contributed by atoms with Crippen LogP contribution >= 0.6 is 0 Å². The third kappa shape index (κ3) is 2.66. The molecule has 1 saturated carbocycles. The first-order valence-corrected chi connectivity index (χ1v) is 6.17. The van der Waals surface area contributed by atoms with Crippen LogP contribution in [0.2, 0.25) is 0 Å². The number of nitrogens with one attached hydrogen (secondary N) is 1. The molecule has 3 nitrogen and oxygen atoms in total. The normalized spacial score (nSPS) is 25.7. The van der Waals surface area contributed by atoms with E-state index in [1.807, 2.05) is 6.07 Å². The van der Waals surface area contributed by atoms with Crippen molar-refractivity contribution >= 4 is 0 Å². The van der Waals surface area contributed by atoms with Crippen LogP contribution in [0.15, 0.2) is 16.5 Å². The molecule has 2 rings (SSSR count). The fraction of sp³-hybridized carbons (Fsp3) is 0.692. The molecule has 1 fully saturated rings. The number of furan rings is 1. The van der Waals surface area contributed by atoms with Gasteiger partial charge >= 0.3 is 0 Å². The maximum atomic E-state index is 9.05. The van der Waals surface area contributed by atoms with Crippen LogP contribution in [-0.2, 0) is 6.54 Å². The van der Waals surface area contributed by atoms with E-state index in [2.05, 4.69) is 25.2 Å². The van der Waals surface area contributed by atoms with Gasteiger partial charge < -0.3 is 14.8 Å². The van der Waals surface area contributed by atoms with Crippen LogP contribution in [-0.4, -0.2) is 17.8 Å². The minimum Gasteiger partial charge on any atom is -0.464 e. The van der Waals surface area contributed by atoms with Crippen molar-refractivity contribution in [2.75, 3.05) is 6.61 Å². The van der Waals surface area contributed by atoms with Crippen molar-refractivity contribution in [3.05, 3.63) is 23.7 Å². The summed E-state index contributed by atoms with van der Waals surface area (Å²) in [7, 11) is 0. The van der Waals surface area contributed by atoms with E-state index in [-0.39, 0.29) is 12.6 Å². The van der Waals surface area contributed by atoms with Crippen LogP contribution in [0.1, 0.15) is 44.1 Å². The highest BCUT2D eigenvalue weighted by Gasteiger charge is 2.36. The molecule has 1 aromatic rings. The maximum Gasteiger partial charge on any atom is 0.117 e. The molecule has 3 heteroatoms. The highest BCUT2D eigenvalue weighted by Crippen LogP contribution is 2.47.